The summed E-state index contributed by atoms with van der Waals surface area (Å²) in [6, 6.07) is 0. The predicted molar refractivity (Wildman–Crippen MR) is 72.3 cm³/mol. The molecule has 0 aromatic carbocycles. The van der Waals surface area contributed by atoms with Crippen molar-refractivity contribution in [2.24, 2.45) is 0 Å². The fraction of sp³-hybridized carbons (Fsp3) is 0.923. The number of carbonyl (C=O) groups is 1. The maximum atomic E-state index is 11.0. The third kappa shape index (κ3) is 15.3. The fourth-order valence-corrected chi connectivity index (χ4v) is 1.32. The van der Waals surface area contributed by atoms with Crippen LogP contribution in [-0.2, 0) is 23.7 Å². The maximum Gasteiger partial charge on any atom is 0.305 e. The highest BCUT2D eigenvalue weighted by molar-refractivity contribution is 5.69. The molecule has 114 valence electrons. The summed E-state index contributed by atoms with van der Waals surface area (Å²) < 4.78 is 20.3. The van der Waals surface area contributed by atoms with Gasteiger partial charge in [-0.3, -0.25) is 4.79 Å². The van der Waals surface area contributed by atoms with Crippen LogP contribution in [0.15, 0.2) is 0 Å². The van der Waals surface area contributed by atoms with Gasteiger partial charge in [0, 0.05) is 20.1 Å². The van der Waals surface area contributed by atoms with E-state index in [1.165, 1.54) is 0 Å². The van der Waals surface area contributed by atoms with Crippen molar-refractivity contribution in [2.75, 3.05) is 59.8 Å². The van der Waals surface area contributed by atoms with Crippen molar-refractivity contribution in [2.45, 2.75) is 19.8 Å². The first-order chi connectivity index (χ1) is 9.31. The zero-order valence-electron chi connectivity index (χ0n) is 12.1. The Labute approximate surface area is 115 Å². The highest BCUT2D eigenvalue weighted by Crippen LogP contribution is 1.91. The molecule has 0 aliphatic heterocycles. The average Bonchev–Trinajstić information content (AvgIpc) is 2.40. The second-order valence-corrected chi connectivity index (χ2v) is 3.88. The van der Waals surface area contributed by atoms with Crippen LogP contribution in [0.1, 0.15) is 19.8 Å². The summed E-state index contributed by atoms with van der Waals surface area (Å²) in [6.45, 7) is 6.88. The Balaban J connectivity index is 3.01. The number of hydrogen-bond donors (Lipinski definition) is 1. The van der Waals surface area contributed by atoms with E-state index in [0.717, 1.165) is 19.5 Å². The maximum absolute atomic E-state index is 11.0. The molecular formula is C13H27NO5. The minimum absolute atomic E-state index is 0.131. The minimum atomic E-state index is -0.131. The van der Waals surface area contributed by atoms with Gasteiger partial charge in [0.15, 0.2) is 0 Å². The van der Waals surface area contributed by atoms with Crippen LogP contribution in [0.25, 0.3) is 0 Å². The molecule has 0 rings (SSSR count). The zero-order valence-corrected chi connectivity index (χ0v) is 12.1. The number of esters is 1. The number of carbonyl (C=O) groups excluding carboxylic acids is 1. The van der Waals surface area contributed by atoms with Crippen molar-refractivity contribution in [1.29, 1.82) is 0 Å². The number of hydrogen-bond acceptors (Lipinski definition) is 6. The summed E-state index contributed by atoms with van der Waals surface area (Å²) in [5.74, 6) is -0.131. The van der Waals surface area contributed by atoms with Crippen LogP contribution in [0.4, 0.5) is 0 Å². The molecule has 0 aliphatic carbocycles. The summed E-state index contributed by atoms with van der Waals surface area (Å²) >= 11 is 0. The van der Waals surface area contributed by atoms with Crippen molar-refractivity contribution in [3.8, 4) is 0 Å². The van der Waals surface area contributed by atoms with Gasteiger partial charge in [0.1, 0.15) is 0 Å². The first kappa shape index (κ1) is 18.3. The summed E-state index contributed by atoms with van der Waals surface area (Å²) in [5.41, 5.74) is 0. The van der Waals surface area contributed by atoms with Gasteiger partial charge in [-0.25, -0.2) is 0 Å². The highest BCUT2D eigenvalue weighted by atomic mass is 16.5. The number of nitrogens with one attached hydrogen (secondary N) is 1. The smallest absolute Gasteiger partial charge is 0.305 e. The van der Waals surface area contributed by atoms with E-state index >= 15 is 0 Å². The zero-order chi connectivity index (χ0) is 14.2. The van der Waals surface area contributed by atoms with Gasteiger partial charge in [0.05, 0.1) is 39.6 Å². The SMILES string of the molecule is CCOC(=O)CCCNCCOCCOCCOC. The van der Waals surface area contributed by atoms with Gasteiger partial charge in [0.2, 0.25) is 0 Å². The van der Waals surface area contributed by atoms with Crippen LogP contribution in [0, 0.1) is 0 Å². The lowest BCUT2D eigenvalue weighted by molar-refractivity contribution is -0.143. The van der Waals surface area contributed by atoms with Crippen LogP contribution in [0.5, 0.6) is 0 Å². The van der Waals surface area contributed by atoms with Gasteiger partial charge < -0.3 is 24.3 Å². The second-order valence-electron chi connectivity index (χ2n) is 3.88. The molecule has 0 fully saturated rings. The van der Waals surface area contributed by atoms with Gasteiger partial charge in [-0.05, 0) is 19.9 Å². The molecule has 0 aliphatic rings. The molecule has 1 N–H and O–H groups in total. The molecule has 0 saturated heterocycles. The molecule has 0 aromatic rings. The van der Waals surface area contributed by atoms with Crippen LogP contribution < -0.4 is 5.32 Å². The van der Waals surface area contributed by atoms with Crippen LogP contribution >= 0.6 is 0 Å². The van der Waals surface area contributed by atoms with Crippen LogP contribution in [0.2, 0.25) is 0 Å². The number of methoxy groups -OCH3 is 1. The Bertz CT molecular complexity index is 201. The van der Waals surface area contributed by atoms with E-state index in [4.69, 9.17) is 18.9 Å². The third-order valence-corrected chi connectivity index (χ3v) is 2.27. The van der Waals surface area contributed by atoms with E-state index in [1.807, 2.05) is 6.92 Å². The average molecular weight is 277 g/mol. The molecule has 0 saturated carbocycles. The molecule has 6 nitrogen and oxygen atoms in total. The van der Waals surface area contributed by atoms with E-state index in [9.17, 15) is 4.79 Å². The quantitative estimate of drug-likeness (QED) is 0.370. The third-order valence-electron chi connectivity index (χ3n) is 2.27. The molecule has 0 radical (unpaired) electrons. The Morgan fingerprint density at radius 1 is 1.00 bits per heavy atom. The first-order valence-corrected chi connectivity index (χ1v) is 6.82. The Kier molecular flexibility index (Phi) is 14.8. The first-order valence-electron chi connectivity index (χ1n) is 6.82. The van der Waals surface area contributed by atoms with E-state index < -0.39 is 0 Å². The van der Waals surface area contributed by atoms with Crippen molar-refractivity contribution in [3.05, 3.63) is 0 Å². The summed E-state index contributed by atoms with van der Waals surface area (Å²) in [7, 11) is 1.65. The molecular weight excluding hydrogens is 250 g/mol. The Morgan fingerprint density at radius 3 is 2.37 bits per heavy atom. The molecule has 0 amide bonds. The van der Waals surface area contributed by atoms with Crippen molar-refractivity contribution in [1.82, 2.24) is 5.32 Å². The van der Waals surface area contributed by atoms with Gasteiger partial charge in [-0.15, -0.1) is 0 Å². The molecule has 6 heteroatoms. The van der Waals surface area contributed by atoms with Gasteiger partial charge in [-0.2, -0.15) is 0 Å². The molecule has 19 heavy (non-hydrogen) atoms. The Morgan fingerprint density at radius 2 is 1.68 bits per heavy atom. The van der Waals surface area contributed by atoms with Gasteiger partial charge in [0.25, 0.3) is 0 Å². The lowest BCUT2D eigenvalue weighted by Crippen LogP contribution is -2.22. The number of rotatable bonds is 14. The normalized spacial score (nSPS) is 10.6. The minimum Gasteiger partial charge on any atom is -0.466 e. The summed E-state index contributed by atoms with van der Waals surface area (Å²) in [4.78, 5) is 11.0. The van der Waals surface area contributed by atoms with E-state index in [0.29, 0.717) is 46.1 Å². The number of ether oxygens (including phenoxy) is 4. The monoisotopic (exact) mass is 277 g/mol. The Hall–Kier alpha value is -0.690. The molecule has 0 heterocycles. The molecule has 0 spiro atoms. The largest absolute Gasteiger partial charge is 0.466 e. The summed E-state index contributed by atoms with van der Waals surface area (Å²) in [5, 5.41) is 3.20. The lowest BCUT2D eigenvalue weighted by Gasteiger charge is -2.07. The summed E-state index contributed by atoms with van der Waals surface area (Å²) in [6.07, 6.45) is 1.26. The van der Waals surface area contributed by atoms with Crippen LogP contribution in [-0.4, -0.2) is 65.8 Å². The van der Waals surface area contributed by atoms with Crippen molar-refractivity contribution < 1.29 is 23.7 Å². The van der Waals surface area contributed by atoms with E-state index in [1.54, 1.807) is 7.11 Å². The van der Waals surface area contributed by atoms with Crippen molar-refractivity contribution >= 4 is 5.97 Å². The van der Waals surface area contributed by atoms with E-state index in [-0.39, 0.29) is 5.97 Å². The highest BCUT2D eigenvalue weighted by Gasteiger charge is 1.99. The second kappa shape index (κ2) is 15.4. The molecule has 0 atom stereocenters. The lowest BCUT2D eigenvalue weighted by atomic mass is 10.3. The predicted octanol–water partition coefficient (Wildman–Crippen LogP) is 0.599. The molecule has 0 bridgehead atoms. The molecule has 0 aromatic heterocycles. The van der Waals surface area contributed by atoms with Crippen molar-refractivity contribution in [3.63, 3.8) is 0 Å². The van der Waals surface area contributed by atoms with Crippen LogP contribution in [0.3, 0.4) is 0 Å². The standard InChI is InChI=1S/C13H27NO5/c1-3-19-13(15)5-4-6-14-7-8-17-11-12-18-10-9-16-2/h14H,3-12H2,1-2H3. The molecule has 0 unspecified atom stereocenters. The topological polar surface area (TPSA) is 66.0 Å². The van der Waals surface area contributed by atoms with E-state index in [2.05, 4.69) is 5.32 Å². The van der Waals surface area contributed by atoms with Gasteiger partial charge in [-0.1, -0.05) is 0 Å². The van der Waals surface area contributed by atoms with Gasteiger partial charge >= 0.3 is 5.97 Å². The fourth-order valence-electron chi connectivity index (χ4n) is 1.32.